The van der Waals surface area contributed by atoms with E-state index in [0.717, 1.165) is 36.9 Å². The Labute approximate surface area is 151 Å². The molecule has 0 amide bonds. The molecule has 0 aliphatic carbocycles. The summed E-state index contributed by atoms with van der Waals surface area (Å²) in [5.74, 6) is 0.878. The zero-order valence-corrected chi connectivity index (χ0v) is 15.0. The van der Waals surface area contributed by atoms with Gasteiger partial charge in [0.1, 0.15) is 11.9 Å². The van der Waals surface area contributed by atoms with Crippen LogP contribution in [0.5, 0.6) is 17.2 Å². The Morgan fingerprint density at radius 3 is 2.69 bits per heavy atom. The first-order valence-electron chi connectivity index (χ1n) is 9.32. The molecule has 144 valence electrons. The number of alkyl halides is 3. The summed E-state index contributed by atoms with van der Waals surface area (Å²) in [6, 6.07) is 0.333. The lowest BCUT2D eigenvalue weighted by atomic mass is 9.91. The zero-order valence-electron chi connectivity index (χ0n) is 15.0. The molecule has 1 saturated heterocycles. The number of hydrogen-bond acceptors (Lipinski definition) is 4. The molecule has 0 aromatic heterocycles. The summed E-state index contributed by atoms with van der Waals surface area (Å²) in [5, 5.41) is 3.47. The highest BCUT2D eigenvalue weighted by Crippen LogP contribution is 2.52. The summed E-state index contributed by atoms with van der Waals surface area (Å²) in [7, 11) is 0. The smallest absolute Gasteiger partial charge is 0.493 e. The second-order valence-corrected chi connectivity index (χ2v) is 7.67. The van der Waals surface area contributed by atoms with E-state index in [9.17, 15) is 13.2 Å². The topological polar surface area (TPSA) is 39.7 Å². The number of benzene rings is 1. The first-order valence-corrected chi connectivity index (χ1v) is 9.32. The molecule has 26 heavy (non-hydrogen) atoms. The van der Waals surface area contributed by atoms with Gasteiger partial charge in [0.25, 0.3) is 0 Å². The summed E-state index contributed by atoms with van der Waals surface area (Å²) >= 11 is 0. The van der Waals surface area contributed by atoms with Crippen LogP contribution in [0, 0.1) is 5.92 Å². The molecule has 1 fully saturated rings. The molecule has 1 aromatic carbocycles. The van der Waals surface area contributed by atoms with Crippen molar-refractivity contribution in [1.29, 1.82) is 0 Å². The van der Waals surface area contributed by atoms with Gasteiger partial charge in [-0.05, 0) is 31.7 Å². The predicted octanol–water partition coefficient (Wildman–Crippen LogP) is 3.77. The fourth-order valence-corrected chi connectivity index (χ4v) is 4.21. The highest BCUT2D eigenvalue weighted by molar-refractivity contribution is 5.66. The van der Waals surface area contributed by atoms with Gasteiger partial charge in [-0.1, -0.05) is 13.8 Å². The third-order valence-electron chi connectivity index (χ3n) is 5.51. The Morgan fingerprint density at radius 1 is 1.23 bits per heavy atom. The van der Waals surface area contributed by atoms with E-state index in [4.69, 9.17) is 9.47 Å². The third-order valence-corrected chi connectivity index (χ3v) is 5.51. The number of fused-ring (bicyclic) bond motifs is 2. The Bertz CT molecular complexity index is 696. The van der Waals surface area contributed by atoms with Crippen molar-refractivity contribution in [3.63, 3.8) is 0 Å². The molecule has 0 radical (unpaired) electrons. The summed E-state index contributed by atoms with van der Waals surface area (Å²) in [5.41, 5.74) is 2.33. The van der Waals surface area contributed by atoms with Crippen LogP contribution in [0.15, 0.2) is 0 Å². The van der Waals surface area contributed by atoms with Crippen molar-refractivity contribution in [2.24, 2.45) is 5.92 Å². The maximum Gasteiger partial charge on any atom is 0.573 e. The van der Waals surface area contributed by atoms with Gasteiger partial charge in [0.15, 0.2) is 11.5 Å². The van der Waals surface area contributed by atoms with Crippen molar-refractivity contribution in [1.82, 2.24) is 5.32 Å². The summed E-state index contributed by atoms with van der Waals surface area (Å²) in [4.78, 5) is 0. The van der Waals surface area contributed by atoms with Gasteiger partial charge in [-0.3, -0.25) is 0 Å². The van der Waals surface area contributed by atoms with Crippen LogP contribution in [-0.2, 0) is 19.3 Å². The lowest BCUT2D eigenvalue weighted by Gasteiger charge is -2.20. The summed E-state index contributed by atoms with van der Waals surface area (Å²) in [6.45, 7) is 5.40. The minimum Gasteiger partial charge on any atom is -0.493 e. The molecule has 1 aromatic rings. The minimum absolute atomic E-state index is 0.140. The number of halogens is 3. The zero-order chi connectivity index (χ0) is 18.5. The molecule has 0 saturated carbocycles. The van der Waals surface area contributed by atoms with E-state index in [1.807, 2.05) is 13.8 Å². The van der Waals surface area contributed by atoms with Crippen molar-refractivity contribution >= 4 is 0 Å². The maximum atomic E-state index is 13.0. The van der Waals surface area contributed by atoms with Gasteiger partial charge in [-0.2, -0.15) is 0 Å². The first-order chi connectivity index (χ1) is 12.3. The highest BCUT2D eigenvalue weighted by atomic mass is 19.4. The average Bonchev–Trinajstić information content (AvgIpc) is 3.27. The first kappa shape index (κ1) is 17.8. The summed E-state index contributed by atoms with van der Waals surface area (Å²) in [6.07, 6.45) is -0.939. The van der Waals surface area contributed by atoms with Gasteiger partial charge < -0.3 is 19.5 Å². The monoisotopic (exact) mass is 371 g/mol. The van der Waals surface area contributed by atoms with Crippen molar-refractivity contribution < 1.29 is 27.4 Å². The fraction of sp³-hybridized carbons (Fsp3) is 0.684. The van der Waals surface area contributed by atoms with Gasteiger partial charge >= 0.3 is 6.36 Å². The summed E-state index contributed by atoms with van der Waals surface area (Å²) < 4.78 is 55.3. The highest BCUT2D eigenvalue weighted by Gasteiger charge is 2.42. The second-order valence-electron chi connectivity index (χ2n) is 7.67. The van der Waals surface area contributed by atoms with Crippen LogP contribution in [-0.4, -0.2) is 31.7 Å². The van der Waals surface area contributed by atoms with E-state index < -0.39 is 6.36 Å². The van der Waals surface area contributed by atoms with Gasteiger partial charge in [0, 0.05) is 35.6 Å². The van der Waals surface area contributed by atoms with Crippen molar-refractivity contribution in [2.45, 2.75) is 64.5 Å². The van der Waals surface area contributed by atoms with Crippen LogP contribution in [0.1, 0.15) is 43.4 Å². The minimum atomic E-state index is -4.75. The Hall–Kier alpha value is -1.63. The SMILES string of the molecule is CC(C)C1Cc2c(CC3CCCN3)c3c(c(OC(F)(F)F)c2O1)CCO3. The van der Waals surface area contributed by atoms with E-state index in [1.165, 1.54) is 0 Å². The molecule has 2 unspecified atom stereocenters. The number of ether oxygens (including phenoxy) is 3. The standard InChI is InChI=1S/C19H24F3NO3/c1-10(2)15-9-14-13(8-11-4-3-6-23-11)16-12(5-7-24-16)18(17(14)25-15)26-19(20,21)22/h10-11,15,23H,3-9H2,1-2H3. The van der Waals surface area contributed by atoms with E-state index >= 15 is 0 Å². The van der Waals surface area contributed by atoms with E-state index in [1.54, 1.807) is 0 Å². The lowest BCUT2D eigenvalue weighted by molar-refractivity contribution is -0.275. The Balaban J connectivity index is 1.80. The number of rotatable bonds is 4. The van der Waals surface area contributed by atoms with Crippen LogP contribution in [0.25, 0.3) is 0 Å². The van der Waals surface area contributed by atoms with Crippen LogP contribution < -0.4 is 19.5 Å². The van der Waals surface area contributed by atoms with Crippen LogP contribution in [0.2, 0.25) is 0 Å². The van der Waals surface area contributed by atoms with Crippen molar-refractivity contribution in [2.75, 3.05) is 13.2 Å². The normalized spacial score (nSPS) is 24.4. The number of nitrogens with one attached hydrogen (secondary N) is 1. The molecule has 0 bridgehead atoms. The Morgan fingerprint density at radius 2 is 2.04 bits per heavy atom. The van der Waals surface area contributed by atoms with E-state index in [2.05, 4.69) is 10.1 Å². The molecular weight excluding hydrogens is 347 g/mol. The molecule has 7 heteroatoms. The predicted molar refractivity (Wildman–Crippen MR) is 90.0 cm³/mol. The largest absolute Gasteiger partial charge is 0.573 e. The molecule has 0 spiro atoms. The lowest BCUT2D eigenvalue weighted by Crippen LogP contribution is -2.25. The molecule has 4 nitrogen and oxygen atoms in total. The molecule has 1 N–H and O–H groups in total. The van der Waals surface area contributed by atoms with Gasteiger partial charge in [-0.25, -0.2) is 0 Å². The van der Waals surface area contributed by atoms with Crippen LogP contribution >= 0.6 is 0 Å². The third kappa shape index (κ3) is 3.21. The van der Waals surface area contributed by atoms with Gasteiger partial charge in [0.2, 0.25) is 0 Å². The second kappa shape index (κ2) is 6.51. The molecule has 4 rings (SSSR count). The average molecular weight is 371 g/mol. The Kier molecular flexibility index (Phi) is 4.45. The van der Waals surface area contributed by atoms with E-state index in [-0.39, 0.29) is 23.5 Å². The molecule has 3 heterocycles. The molecule has 3 aliphatic rings. The van der Waals surface area contributed by atoms with Gasteiger partial charge in [-0.15, -0.1) is 13.2 Å². The fourth-order valence-electron chi connectivity index (χ4n) is 4.21. The van der Waals surface area contributed by atoms with Crippen molar-refractivity contribution in [3.8, 4) is 17.2 Å². The van der Waals surface area contributed by atoms with Crippen LogP contribution in [0.3, 0.4) is 0 Å². The van der Waals surface area contributed by atoms with Crippen LogP contribution in [0.4, 0.5) is 13.2 Å². The number of hydrogen-bond donors (Lipinski definition) is 1. The quantitative estimate of drug-likeness (QED) is 0.875. The molecular formula is C19H24F3NO3. The molecule has 2 atom stereocenters. The van der Waals surface area contributed by atoms with E-state index in [0.29, 0.717) is 36.8 Å². The molecule has 3 aliphatic heterocycles. The maximum absolute atomic E-state index is 13.0. The van der Waals surface area contributed by atoms with Crippen molar-refractivity contribution in [3.05, 3.63) is 16.7 Å². The van der Waals surface area contributed by atoms with Gasteiger partial charge in [0.05, 0.1) is 6.61 Å².